The molecule has 1 aromatic rings. The van der Waals surface area contributed by atoms with E-state index in [1.807, 2.05) is 49.8 Å². The molecule has 0 aromatic heterocycles. The maximum atomic E-state index is 11.7. The molecule has 1 aliphatic rings. The van der Waals surface area contributed by atoms with E-state index in [1.165, 1.54) is 23.5 Å². The van der Waals surface area contributed by atoms with Crippen molar-refractivity contribution in [3.63, 3.8) is 0 Å². The minimum absolute atomic E-state index is 0.0637. The summed E-state index contributed by atoms with van der Waals surface area (Å²) in [5, 5.41) is 2.87. The van der Waals surface area contributed by atoms with Crippen LogP contribution in [0.4, 0.5) is 0 Å². The lowest BCUT2D eigenvalue weighted by Crippen LogP contribution is -2.31. The van der Waals surface area contributed by atoms with Crippen molar-refractivity contribution < 1.29 is 9.53 Å². The van der Waals surface area contributed by atoms with Crippen molar-refractivity contribution in [3.8, 4) is 5.75 Å². The molecule has 0 aliphatic carbocycles. The molecule has 0 unspecified atom stereocenters. The Kier molecular flexibility index (Phi) is 8.12. The van der Waals surface area contributed by atoms with Gasteiger partial charge in [0.25, 0.3) is 5.91 Å². The van der Waals surface area contributed by atoms with Gasteiger partial charge in [0.15, 0.2) is 6.61 Å². The molecule has 0 spiro atoms. The first-order chi connectivity index (χ1) is 11.1. The SMILES string of the molecule is CN(C)CCCNC(=O)COc1ccc(C2SCCCS2)cc1. The van der Waals surface area contributed by atoms with E-state index in [0.717, 1.165) is 18.7 Å². The van der Waals surface area contributed by atoms with Crippen molar-refractivity contribution in [1.82, 2.24) is 10.2 Å². The van der Waals surface area contributed by atoms with Crippen LogP contribution in [-0.4, -0.2) is 56.1 Å². The maximum Gasteiger partial charge on any atom is 0.257 e. The van der Waals surface area contributed by atoms with Gasteiger partial charge in [-0.2, -0.15) is 0 Å². The first-order valence-corrected chi connectivity index (χ1v) is 10.1. The van der Waals surface area contributed by atoms with Crippen LogP contribution >= 0.6 is 23.5 Å². The number of carbonyl (C=O) groups excluding carboxylic acids is 1. The van der Waals surface area contributed by atoms with Crippen LogP contribution in [0.1, 0.15) is 23.0 Å². The third kappa shape index (κ3) is 7.06. The molecule has 4 nitrogen and oxygen atoms in total. The Morgan fingerprint density at radius 3 is 2.61 bits per heavy atom. The van der Waals surface area contributed by atoms with E-state index in [1.54, 1.807) is 0 Å². The molecule has 1 saturated heterocycles. The predicted molar refractivity (Wildman–Crippen MR) is 100 cm³/mol. The molecular formula is C17H26N2O2S2. The molecule has 6 heteroatoms. The Balaban J connectivity index is 1.68. The van der Waals surface area contributed by atoms with Gasteiger partial charge in [-0.25, -0.2) is 0 Å². The van der Waals surface area contributed by atoms with Gasteiger partial charge in [-0.05, 0) is 62.7 Å². The van der Waals surface area contributed by atoms with Crippen LogP contribution in [0.2, 0.25) is 0 Å². The van der Waals surface area contributed by atoms with Crippen molar-refractivity contribution in [2.75, 3.05) is 45.3 Å². The van der Waals surface area contributed by atoms with Crippen LogP contribution in [0.5, 0.6) is 5.75 Å². The first kappa shape index (κ1) is 18.5. The van der Waals surface area contributed by atoms with Gasteiger partial charge in [0.05, 0.1) is 4.58 Å². The van der Waals surface area contributed by atoms with E-state index in [0.29, 0.717) is 11.1 Å². The van der Waals surface area contributed by atoms with E-state index in [9.17, 15) is 4.79 Å². The van der Waals surface area contributed by atoms with E-state index < -0.39 is 0 Å². The maximum absolute atomic E-state index is 11.7. The zero-order valence-corrected chi connectivity index (χ0v) is 15.5. The molecule has 1 amide bonds. The number of amides is 1. The van der Waals surface area contributed by atoms with E-state index >= 15 is 0 Å². The van der Waals surface area contributed by atoms with Gasteiger partial charge in [0, 0.05) is 6.54 Å². The van der Waals surface area contributed by atoms with Gasteiger partial charge in [0.1, 0.15) is 5.75 Å². The second-order valence-electron chi connectivity index (χ2n) is 5.79. The van der Waals surface area contributed by atoms with Crippen LogP contribution in [0.25, 0.3) is 0 Å². The molecule has 0 saturated carbocycles. The summed E-state index contributed by atoms with van der Waals surface area (Å²) in [7, 11) is 4.05. The quantitative estimate of drug-likeness (QED) is 0.727. The third-order valence-corrected chi connectivity index (χ3v) is 6.47. The first-order valence-electron chi connectivity index (χ1n) is 8.02. The lowest BCUT2D eigenvalue weighted by atomic mass is 10.2. The Labute approximate surface area is 147 Å². The standard InChI is InChI=1S/C17H26N2O2S2/c1-19(2)10-3-9-18-16(20)13-21-15-7-5-14(6-8-15)17-22-11-4-12-23-17/h5-8,17H,3-4,9-13H2,1-2H3,(H,18,20). The van der Waals surface area contributed by atoms with Crippen LogP contribution in [0, 0.1) is 0 Å². The number of hydrogen-bond acceptors (Lipinski definition) is 5. The summed E-state index contributed by atoms with van der Waals surface area (Å²) in [4.78, 5) is 13.8. The smallest absolute Gasteiger partial charge is 0.257 e. The van der Waals surface area contributed by atoms with Crippen molar-refractivity contribution >= 4 is 29.4 Å². The number of ether oxygens (including phenoxy) is 1. The van der Waals surface area contributed by atoms with Crippen molar-refractivity contribution in [2.24, 2.45) is 0 Å². The Bertz CT molecular complexity index is 474. The Morgan fingerprint density at radius 2 is 1.96 bits per heavy atom. The number of carbonyl (C=O) groups is 1. The summed E-state index contributed by atoms with van der Waals surface area (Å²) in [5.74, 6) is 3.17. The number of nitrogens with zero attached hydrogens (tertiary/aromatic N) is 1. The van der Waals surface area contributed by atoms with E-state index in [2.05, 4.69) is 22.3 Å². The van der Waals surface area contributed by atoms with Gasteiger partial charge in [0.2, 0.25) is 0 Å². The number of hydrogen-bond donors (Lipinski definition) is 1. The summed E-state index contributed by atoms with van der Waals surface area (Å²) < 4.78 is 6.09. The lowest BCUT2D eigenvalue weighted by Gasteiger charge is -2.21. The van der Waals surface area contributed by atoms with Gasteiger partial charge in [-0.15, -0.1) is 23.5 Å². The highest BCUT2D eigenvalue weighted by atomic mass is 32.2. The molecule has 1 fully saturated rings. The van der Waals surface area contributed by atoms with Crippen LogP contribution in [0.3, 0.4) is 0 Å². The largest absolute Gasteiger partial charge is 0.484 e. The predicted octanol–water partition coefficient (Wildman–Crippen LogP) is 3.00. The molecule has 1 aliphatic heterocycles. The molecule has 1 aromatic carbocycles. The molecule has 128 valence electrons. The summed E-state index contributed by atoms with van der Waals surface area (Å²) in [5.41, 5.74) is 1.33. The average molecular weight is 355 g/mol. The van der Waals surface area contributed by atoms with Crippen LogP contribution in [0.15, 0.2) is 24.3 Å². The average Bonchev–Trinajstić information content (AvgIpc) is 2.58. The van der Waals surface area contributed by atoms with Crippen LogP contribution in [-0.2, 0) is 4.79 Å². The lowest BCUT2D eigenvalue weighted by molar-refractivity contribution is -0.123. The summed E-state index contributed by atoms with van der Waals surface area (Å²) >= 11 is 4.02. The van der Waals surface area contributed by atoms with Gasteiger partial charge in [-0.1, -0.05) is 12.1 Å². The minimum Gasteiger partial charge on any atom is -0.484 e. The second kappa shape index (κ2) is 10.1. The Morgan fingerprint density at radius 1 is 1.26 bits per heavy atom. The molecule has 1 N–H and O–H groups in total. The van der Waals surface area contributed by atoms with Gasteiger partial charge in [-0.3, -0.25) is 4.79 Å². The highest BCUT2D eigenvalue weighted by Crippen LogP contribution is 2.43. The van der Waals surface area contributed by atoms with Gasteiger partial charge < -0.3 is 15.0 Å². The second-order valence-corrected chi connectivity index (χ2v) is 8.52. The van der Waals surface area contributed by atoms with Crippen molar-refractivity contribution in [2.45, 2.75) is 17.4 Å². The molecule has 1 heterocycles. The van der Waals surface area contributed by atoms with Crippen molar-refractivity contribution in [3.05, 3.63) is 29.8 Å². The van der Waals surface area contributed by atoms with E-state index in [-0.39, 0.29) is 12.5 Å². The zero-order valence-electron chi connectivity index (χ0n) is 13.9. The zero-order chi connectivity index (χ0) is 16.5. The fourth-order valence-electron chi connectivity index (χ4n) is 2.22. The molecule has 0 radical (unpaired) electrons. The van der Waals surface area contributed by atoms with Crippen LogP contribution < -0.4 is 10.1 Å². The third-order valence-electron chi connectivity index (χ3n) is 3.45. The molecular weight excluding hydrogens is 328 g/mol. The van der Waals surface area contributed by atoms with Crippen molar-refractivity contribution in [1.29, 1.82) is 0 Å². The highest BCUT2D eigenvalue weighted by Gasteiger charge is 2.16. The fraction of sp³-hybridized carbons (Fsp3) is 0.588. The summed E-state index contributed by atoms with van der Waals surface area (Å²) in [6.07, 6.45) is 2.25. The van der Waals surface area contributed by atoms with Gasteiger partial charge >= 0.3 is 0 Å². The minimum atomic E-state index is -0.0637. The number of nitrogens with one attached hydrogen (secondary N) is 1. The monoisotopic (exact) mass is 354 g/mol. The summed E-state index contributed by atoms with van der Waals surface area (Å²) in [6.45, 7) is 1.74. The number of rotatable bonds is 8. The molecule has 0 atom stereocenters. The topological polar surface area (TPSA) is 41.6 Å². The highest BCUT2D eigenvalue weighted by molar-refractivity contribution is 8.16. The molecule has 0 bridgehead atoms. The number of benzene rings is 1. The normalized spacial score (nSPS) is 15.6. The Hall–Kier alpha value is -0.850. The molecule has 2 rings (SSSR count). The fourth-order valence-corrected chi connectivity index (χ4v) is 5.12. The molecule has 23 heavy (non-hydrogen) atoms. The summed E-state index contributed by atoms with van der Waals surface area (Å²) in [6, 6.07) is 8.15. The number of thioether (sulfide) groups is 2. The van der Waals surface area contributed by atoms with E-state index in [4.69, 9.17) is 4.74 Å².